The summed E-state index contributed by atoms with van der Waals surface area (Å²) in [6.07, 6.45) is 6.57. The topological polar surface area (TPSA) is 24.9 Å². The van der Waals surface area contributed by atoms with E-state index in [9.17, 15) is 0 Å². The highest BCUT2D eigenvalue weighted by Crippen LogP contribution is 2.09. The van der Waals surface area contributed by atoms with E-state index in [-0.39, 0.29) is 0 Å². The van der Waals surface area contributed by atoms with E-state index in [0.717, 1.165) is 13.0 Å². The molecule has 1 heterocycles. The molecule has 1 N–H and O–H groups in total. The van der Waals surface area contributed by atoms with Crippen molar-refractivity contribution < 1.29 is 0 Å². The number of hydrogen-bond acceptors (Lipinski definition) is 2. The second-order valence-electron chi connectivity index (χ2n) is 3.03. The zero-order valence-corrected chi connectivity index (χ0v) is 8.03. The molecule has 1 aromatic heterocycles. The fourth-order valence-corrected chi connectivity index (χ4v) is 1.17. The fraction of sp³-hybridized carbons (Fsp3) is 0.364. The highest BCUT2D eigenvalue weighted by Gasteiger charge is 2.01. The number of nitrogens with one attached hydrogen (secondary N) is 1. The van der Waals surface area contributed by atoms with Crippen LogP contribution in [0.1, 0.15) is 24.9 Å². The third-order valence-corrected chi connectivity index (χ3v) is 2.01. The number of rotatable bonds is 5. The molecule has 0 saturated carbocycles. The van der Waals surface area contributed by atoms with Crippen molar-refractivity contribution >= 4 is 0 Å². The minimum absolute atomic E-state index is 0.392. The molecule has 1 rings (SSSR count). The maximum atomic E-state index is 3.98. The fourth-order valence-electron chi connectivity index (χ4n) is 1.17. The average Bonchev–Trinajstić information content (AvgIpc) is 2.19. The van der Waals surface area contributed by atoms with Gasteiger partial charge in [-0.05, 0) is 37.6 Å². The molecule has 0 aliphatic heterocycles. The van der Waals surface area contributed by atoms with Gasteiger partial charge in [0.15, 0.2) is 0 Å². The summed E-state index contributed by atoms with van der Waals surface area (Å²) in [5, 5.41) is 3.40. The lowest BCUT2D eigenvalue weighted by molar-refractivity contribution is 0.581. The van der Waals surface area contributed by atoms with Crippen LogP contribution < -0.4 is 5.32 Å². The van der Waals surface area contributed by atoms with Crippen LogP contribution in [0.4, 0.5) is 0 Å². The Labute approximate surface area is 79.7 Å². The largest absolute Gasteiger partial charge is 0.310 e. The van der Waals surface area contributed by atoms with Gasteiger partial charge < -0.3 is 5.32 Å². The predicted octanol–water partition coefficient (Wildman–Crippen LogP) is 2.31. The van der Waals surface area contributed by atoms with Crippen LogP contribution in [0.2, 0.25) is 0 Å². The zero-order chi connectivity index (χ0) is 9.52. The third kappa shape index (κ3) is 3.38. The molecule has 2 nitrogen and oxygen atoms in total. The normalized spacial score (nSPS) is 12.4. The average molecular weight is 176 g/mol. The number of hydrogen-bond donors (Lipinski definition) is 1. The lowest BCUT2D eigenvalue weighted by Crippen LogP contribution is -2.19. The van der Waals surface area contributed by atoms with Crippen molar-refractivity contribution in [3.05, 3.63) is 42.7 Å². The molecule has 0 fully saturated rings. The van der Waals surface area contributed by atoms with Gasteiger partial charge in [0.25, 0.3) is 0 Å². The maximum Gasteiger partial charge on any atom is 0.0293 e. The van der Waals surface area contributed by atoms with Gasteiger partial charge in [-0.25, -0.2) is 0 Å². The summed E-state index contributed by atoms with van der Waals surface area (Å²) >= 11 is 0. The highest BCUT2D eigenvalue weighted by molar-refractivity contribution is 5.13. The SMILES string of the molecule is C=CCCN[C@@H](C)c1ccncc1. The van der Waals surface area contributed by atoms with Crippen LogP contribution in [0.15, 0.2) is 37.2 Å². The molecule has 0 aromatic carbocycles. The summed E-state index contributed by atoms with van der Waals surface area (Å²) in [6.45, 7) is 6.81. The van der Waals surface area contributed by atoms with Gasteiger partial charge in [-0.1, -0.05) is 6.08 Å². The molecule has 1 aromatic rings. The molecule has 2 heteroatoms. The van der Waals surface area contributed by atoms with E-state index < -0.39 is 0 Å². The first kappa shape index (κ1) is 9.93. The quantitative estimate of drug-likeness (QED) is 0.550. The summed E-state index contributed by atoms with van der Waals surface area (Å²) in [5.41, 5.74) is 1.28. The summed E-state index contributed by atoms with van der Waals surface area (Å²) in [7, 11) is 0. The van der Waals surface area contributed by atoms with Crippen molar-refractivity contribution in [3.63, 3.8) is 0 Å². The van der Waals surface area contributed by atoms with Crippen LogP contribution in [0.25, 0.3) is 0 Å². The molecule has 0 bridgehead atoms. The first-order chi connectivity index (χ1) is 6.34. The molecular weight excluding hydrogens is 160 g/mol. The van der Waals surface area contributed by atoms with Crippen LogP contribution in [0.5, 0.6) is 0 Å². The van der Waals surface area contributed by atoms with Gasteiger partial charge in [-0.3, -0.25) is 4.98 Å². The second kappa shape index (κ2) is 5.49. The summed E-state index contributed by atoms with van der Waals surface area (Å²) < 4.78 is 0. The minimum Gasteiger partial charge on any atom is -0.310 e. The van der Waals surface area contributed by atoms with E-state index in [1.54, 1.807) is 0 Å². The zero-order valence-electron chi connectivity index (χ0n) is 8.03. The van der Waals surface area contributed by atoms with E-state index >= 15 is 0 Å². The molecular formula is C11H16N2. The van der Waals surface area contributed by atoms with Crippen molar-refractivity contribution in [1.82, 2.24) is 10.3 Å². The monoisotopic (exact) mass is 176 g/mol. The van der Waals surface area contributed by atoms with Gasteiger partial charge in [-0.15, -0.1) is 6.58 Å². The molecule has 0 aliphatic rings. The number of pyridine rings is 1. The van der Waals surface area contributed by atoms with E-state index in [1.165, 1.54) is 5.56 Å². The first-order valence-corrected chi connectivity index (χ1v) is 4.59. The second-order valence-corrected chi connectivity index (χ2v) is 3.03. The minimum atomic E-state index is 0.392. The molecule has 0 radical (unpaired) electrons. The Morgan fingerprint density at radius 3 is 2.85 bits per heavy atom. The first-order valence-electron chi connectivity index (χ1n) is 4.59. The van der Waals surface area contributed by atoms with Gasteiger partial charge in [-0.2, -0.15) is 0 Å². The van der Waals surface area contributed by atoms with E-state index in [2.05, 4.69) is 23.8 Å². The Kier molecular flexibility index (Phi) is 4.19. The van der Waals surface area contributed by atoms with Crippen molar-refractivity contribution in [2.24, 2.45) is 0 Å². The van der Waals surface area contributed by atoms with Gasteiger partial charge in [0.1, 0.15) is 0 Å². The Morgan fingerprint density at radius 2 is 2.23 bits per heavy atom. The molecule has 0 unspecified atom stereocenters. The van der Waals surface area contributed by atoms with E-state index in [4.69, 9.17) is 0 Å². The lowest BCUT2D eigenvalue weighted by Gasteiger charge is -2.12. The number of nitrogens with zero attached hydrogens (tertiary/aromatic N) is 1. The van der Waals surface area contributed by atoms with E-state index in [1.807, 2.05) is 30.6 Å². The molecule has 0 aliphatic carbocycles. The van der Waals surface area contributed by atoms with Gasteiger partial charge in [0.05, 0.1) is 0 Å². The molecule has 0 spiro atoms. The van der Waals surface area contributed by atoms with Crippen LogP contribution >= 0.6 is 0 Å². The molecule has 13 heavy (non-hydrogen) atoms. The smallest absolute Gasteiger partial charge is 0.0293 e. The van der Waals surface area contributed by atoms with Crippen molar-refractivity contribution in [3.8, 4) is 0 Å². The number of aromatic nitrogens is 1. The summed E-state index contributed by atoms with van der Waals surface area (Å²) in [6, 6.07) is 4.46. The van der Waals surface area contributed by atoms with Crippen molar-refractivity contribution in [1.29, 1.82) is 0 Å². The lowest BCUT2D eigenvalue weighted by atomic mass is 10.1. The summed E-state index contributed by atoms with van der Waals surface area (Å²) in [5.74, 6) is 0. The van der Waals surface area contributed by atoms with Gasteiger partial charge in [0.2, 0.25) is 0 Å². The molecule has 70 valence electrons. The standard InChI is InChI=1S/C11H16N2/c1-3-4-7-13-10(2)11-5-8-12-9-6-11/h3,5-6,8-10,13H,1,4,7H2,2H3/t10-/m0/s1. The van der Waals surface area contributed by atoms with Crippen LogP contribution in [-0.2, 0) is 0 Å². The Balaban J connectivity index is 2.39. The summed E-state index contributed by atoms with van der Waals surface area (Å²) in [4.78, 5) is 3.98. The Bertz CT molecular complexity index is 244. The Morgan fingerprint density at radius 1 is 1.54 bits per heavy atom. The highest BCUT2D eigenvalue weighted by atomic mass is 14.9. The third-order valence-electron chi connectivity index (χ3n) is 2.01. The van der Waals surface area contributed by atoms with Crippen molar-refractivity contribution in [2.75, 3.05) is 6.54 Å². The van der Waals surface area contributed by atoms with Crippen LogP contribution in [-0.4, -0.2) is 11.5 Å². The van der Waals surface area contributed by atoms with Crippen molar-refractivity contribution in [2.45, 2.75) is 19.4 Å². The van der Waals surface area contributed by atoms with Gasteiger partial charge >= 0.3 is 0 Å². The maximum absolute atomic E-state index is 3.98. The van der Waals surface area contributed by atoms with Gasteiger partial charge in [0, 0.05) is 18.4 Å². The molecule has 0 saturated heterocycles. The Hall–Kier alpha value is -1.15. The van der Waals surface area contributed by atoms with Crippen LogP contribution in [0, 0.1) is 0 Å². The molecule has 0 amide bonds. The van der Waals surface area contributed by atoms with Crippen LogP contribution in [0.3, 0.4) is 0 Å². The molecule has 1 atom stereocenters. The van der Waals surface area contributed by atoms with E-state index in [0.29, 0.717) is 6.04 Å². The predicted molar refractivity (Wildman–Crippen MR) is 55.5 cm³/mol.